The molecule has 1 aliphatic rings. The SMILES string of the molecule is COc1ccc(OC)c(Nc2nc(C)cc(C(=O)N3CCN(C)CC3)n2)c1. The van der Waals surface area contributed by atoms with Crippen LogP contribution in [0.1, 0.15) is 16.2 Å². The Morgan fingerprint density at radius 3 is 2.48 bits per heavy atom. The molecule has 0 aliphatic carbocycles. The van der Waals surface area contributed by atoms with Crippen molar-refractivity contribution < 1.29 is 14.3 Å². The molecule has 0 spiro atoms. The number of anilines is 2. The van der Waals surface area contributed by atoms with E-state index in [4.69, 9.17) is 9.47 Å². The van der Waals surface area contributed by atoms with Crippen LogP contribution in [-0.2, 0) is 0 Å². The van der Waals surface area contributed by atoms with E-state index in [1.54, 1.807) is 32.4 Å². The fourth-order valence-corrected chi connectivity index (χ4v) is 2.94. The van der Waals surface area contributed by atoms with Crippen molar-refractivity contribution in [2.45, 2.75) is 6.92 Å². The molecule has 1 aromatic heterocycles. The summed E-state index contributed by atoms with van der Waals surface area (Å²) in [6.45, 7) is 4.97. The second-order valence-electron chi connectivity index (χ2n) is 6.50. The first-order valence-electron chi connectivity index (χ1n) is 8.82. The third kappa shape index (κ3) is 4.46. The van der Waals surface area contributed by atoms with Crippen LogP contribution in [0.25, 0.3) is 0 Å². The van der Waals surface area contributed by atoms with Crippen LogP contribution < -0.4 is 14.8 Å². The molecule has 8 heteroatoms. The second kappa shape index (κ2) is 8.22. The van der Waals surface area contributed by atoms with Gasteiger partial charge in [-0.25, -0.2) is 9.97 Å². The highest BCUT2D eigenvalue weighted by molar-refractivity contribution is 5.92. The minimum Gasteiger partial charge on any atom is -0.497 e. The Kier molecular flexibility index (Phi) is 5.75. The van der Waals surface area contributed by atoms with Gasteiger partial charge in [-0.1, -0.05) is 0 Å². The molecule has 8 nitrogen and oxygen atoms in total. The van der Waals surface area contributed by atoms with Crippen molar-refractivity contribution in [3.05, 3.63) is 35.7 Å². The van der Waals surface area contributed by atoms with Gasteiger partial charge in [0.25, 0.3) is 5.91 Å². The highest BCUT2D eigenvalue weighted by atomic mass is 16.5. The number of ether oxygens (including phenoxy) is 2. The van der Waals surface area contributed by atoms with Gasteiger partial charge in [0.2, 0.25) is 5.95 Å². The van der Waals surface area contributed by atoms with Crippen molar-refractivity contribution in [3.63, 3.8) is 0 Å². The Morgan fingerprint density at radius 1 is 1.07 bits per heavy atom. The van der Waals surface area contributed by atoms with E-state index in [-0.39, 0.29) is 5.91 Å². The monoisotopic (exact) mass is 371 g/mol. The minimum absolute atomic E-state index is 0.0748. The molecule has 3 rings (SSSR count). The van der Waals surface area contributed by atoms with E-state index in [0.29, 0.717) is 47.6 Å². The van der Waals surface area contributed by atoms with Crippen LogP contribution in [0.3, 0.4) is 0 Å². The molecule has 0 radical (unpaired) electrons. The van der Waals surface area contributed by atoms with Gasteiger partial charge in [0, 0.05) is 37.9 Å². The number of benzene rings is 1. The Labute approximate surface area is 159 Å². The number of nitrogens with zero attached hydrogens (tertiary/aromatic N) is 4. The number of aryl methyl sites for hydroxylation is 1. The maximum Gasteiger partial charge on any atom is 0.272 e. The van der Waals surface area contributed by atoms with Gasteiger partial charge in [0.05, 0.1) is 19.9 Å². The molecule has 0 saturated carbocycles. The Balaban J connectivity index is 1.84. The van der Waals surface area contributed by atoms with Gasteiger partial charge >= 0.3 is 0 Å². The maximum atomic E-state index is 12.8. The highest BCUT2D eigenvalue weighted by Gasteiger charge is 2.22. The van der Waals surface area contributed by atoms with E-state index >= 15 is 0 Å². The lowest BCUT2D eigenvalue weighted by molar-refractivity contribution is 0.0658. The number of methoxy groups -OCH3 is 2. The first-order chi connectivity index (χ1) is 13.0. The molecule has 2 aromatic rings. The number of rotatable bonds is 5. The zero-order valence-electron chi connectivity index (χ0n) is 16.2. The molecule has 1 saturated heterocycles. The van der Waals surface area contributed by atoms with Crippen molar-refractivity contribution in [1.82, 2.24) is 19.8 Å². The van der Waals surface area contributed by atoms with Crippen LogP contribution in [0.15, 0.2) is 24.3 Å². The third-order valence-corrected chi connectivity index (χ3v) is 4.52. The van der Waals surface area contributed by atoms with Gasteiger partial charge in [-0.3, -0.25) is 4.79 Å². The first-order valence-corrected chi connectivity index (χ1v) is 8.82. The number of carbonyl (C=O) groups excluding carboxylic acids is 1. The van der Waals surface area contributed by atoms with E-state index in [1.807, 2.05) is 17.9 Å². The van der Waals surface area contributed by atoms with Crippen LogP contribution in [-0.4, -0.2) is 73.1 Å². The summed E-state index contributed by atoms with van der Waals surface area (Å²) in [5.74, 6) is 1.58. The first kappa shape index (κ1) is 18.9. The minimum atomic E-state index is -0.0748. The average Bonchev–Trinajstić information content (AvgIpc) is 2.67. The zero-order valence-corrected chi connectivity index (χ0v) is 16.2. The van der Waals surface area contributed by atoms with Crippen molar-refractivity contribution in [2.75, 3.05) is 52.8 Å². The topological polar surface area (TPSA) is 79.8 Å². The summed E-state index contributed by atoms with van der Waals surface area (Å²) in [4.78, 5) is 25.7. The molecular formula is C19H25N5O3. The number of hydrogen-bond donors (Lipinski definition) is 1. The lowest BCUT2D eigenvalue weighted by atomic mass is 10.2. The maximum absolute atomic E-state index is 12.8. The van der Waals surface area contributed by atoms with Crippen molar-refractivity contribution in [2.24, 2.45) is 0 Å². The van der Waals surface area contributed by atoms with Gasteiger partial charge in [0.15, 0.2) is 0 Å². The van der Waals surface area contributed by atoms with Crippen molar-refractivity contribution in [3.8, 4) is 11.5 Å². The zero-order chi connectivity index (χ0) is 19.4. The van der Waals surface area contributed by atoms with E-state index in [1.165, 1.54) is 0 Å². The normalized spacial score (nSPS) is 14.7. The van der Waals surface area contributed by atoms with Gasteiger partial charge in [-0.15, -0.1) is 0 Å². The Morgan fingerprint density at radius 2 is 1.81 bits per heavy atom. The summed E-state index contributed by atoms with van der Waals surface area (Å²) in [6, 6.07) is 7.12. The molecule has 0 bridgehead atoms. The molecule has 0 unspecified atom stereocenters. The lowest BCUT2D eigenvalue weighted by Gasteiger charge is -2.32. The number of nitrogens with one attached hydrogen (secondary N) is 1. The van der Waals surface area contributed by atoms with Crippen LogP contribution in [0.4, 0.5) is 11.6 Å². The molecule has 1 aromatic carbocycles. The second-order valence-corrected chi connectivity index (χ2v) is 6.50. The van der Waals surface area contributed by atoms with Crippen LogP contribution in [0, 0.1) is 6.92 Å². The van der Waals surface area contributed by atoms with Crippen LogP contribution in [0.5, 0.6) is 11.5 Å². The molecule has 0 atom stereocenters. The van der Waals surface area contributed by atoms with Crippen LogP contribution in [0.2, 0.25) is 0 Å². The van der Waals surface area contributed by atoms with Gasteiger partial charge in [-0.2, -0.15) is 0 Å². The number of piperazine rings is 1. The summed E-state index contributed by atoms with van der Waals surface area (Å²) < 4.78 is 10.6. The van der Waals surface area contributed by atoms with Gasteiger partial charge in [0.1, 0.15) is 17.2 Å². The molecule has 1 aliphatic heterocycles. The fourth-order valence-electron chi connectivity index (χ4n) is 2.94. The fraction of sp³-hybridized carbons (Fsp3) is 0.421. The van der Waals surface area contributed by atoms with E-state index in [0.717, 1.165) is 13.1 Å². The molecule has 1 N–H and O–H groups in total. The summed E-state index contributed by atoms with van der Waals surface area (Å²) in [5, 5.41) is 3.14. The highest BCUT2D eigenvalue weighted by Crippen LogP contribution is 2.30. The van der Waals surface area contributed by atoms with E-state index in [2.05, 4.69) is 27.2 Å². The largest absolute Gasteiger partial charge is 0.497 e. The van der Waals surface area contributed by atoms with E-state index < -0.39 is 0 Å². The number of aromatic nitrogens is 2. The summed E-state index contributed by atoms with van der Waals surface area (Å²) >= 11 is 0. The lowest BCUT2D eigenvalue weighted by Crippen LogP contribution is -2.47. The Hall–Kier alpha value is -2.87. The number of amides is 1. The molecule has 27 heavy (non-hydrogen) atoms. The van der Waals surface area contributed by atoms with Gasteiger partial charge in [-0.05, 0) is 32.2 Å². The molecular weight excluding hydrogens is 346 g/mol. The quantitative estimate of drug-likeness (QED) is 0.860. The predicted octanol–water partition coefficient (Wildman–Crippen LogP) is 1.93. The summed E-state index contributed by atoms with van der Waals surface area (Å²) in [5.41, 5.74) is 1.77. The predicted molar refractivity (Wildman–Crippen MR) is 103 cm³/mol. The molecule has 144 valence electrons. The number of hydrogen-bond acceptors (Lipinski definition) is 7. The Bertz CT molecular complexity index is 819. The average molecular weight is 371 g/mol. The summed E-state index contributed by atoms with van der Waals surface area (Å²) in [7, 11) is 5.24. The van der Waals surface area contributed by atoms with Crippen LogP contribution >= 0.6 is 0 Å². The smallest absolute Gasteiger partial charge is 0.272 e. The van der Waals surface area contributed by atoms with Crippen molar-refractivity contribution in [1.29, 1.82) is 0 Å². The standard InChI is InChI=1S/C19H25N5O3/c1-13-11-16(18(25)24-9-7-23(2)8-10-24)22-19(20-13)21-15-12-14(26-3)5-6-17(15)27-4/h5-6,11-12H,7-10H2,1-4H3,(H,20,21,22). The molecule has 2 heterocycles. The third-order valence-electron chi connectivity index (χ3n) is 4.52. The molecule has 1 fully saturated rings. The number of carbonyl (C=O) groups is 1. The molecule has 1 amide bonds. The van der Waals surface area contributed by atoms with E-state index in [9.17, 15) is 4.79 Å². The number of likely N-dealkylation sites (N-methyl/N-ethyl adjacent to an activating group) is 1. The summed E-state index contributed by atoms with van der Waals surface area (Å²) in [6.07, 6.45) is 0. The van der Waals surface area contributed by atoms with Crippen molar-refractivity contribution >= 4 is 17.5 Å². The van der Waals surface area contributed by atoms with Gasteiger partial charge < -0.3 is 24.6 Å².